The molecule has 13 heavy (non-hydrogen) atoms. The predicted octanol–water partition coefficient (Wildman–Crippen LogP) is 1.96. The van der Waals surface area contributed by atoms with E-state index in [1.807, 2.05) is 0 Å². The zero-order chi connectivity index (χ0) is 9.26. The molecule has 2 aliphatic rings. The molecule has 2 aliphatic carbocycles. The Morgan fingerprint density at radius 3 is 2.77 bits per heavy atom. The third-order valence-electron chi connectivity index (χ3n) is 3.55. The van der Waals surface area contributed by atoms with Crippen LogP contribution in [-0.4, -0.2) is 23.9 Å². The fraction of sp³-hybridized carbons (Fsp3) is 1.00. The first-order chi connectivity index (χ1) is 6.31. The molecule has 0 aromatic rings. The Kier molecular flexibility index (Phi) is 2.89. The molecular weight excluding hydrogens is 164 g/mol. The van der Waals surface area contributed by atoms with Gasteiger partial charge in [0.1, 0.15) is 0 Å². The fourth-order valence-electron chi connectivity index (χ4n) is 2.82. The van der Waals surface area contributed by atoms with E-state index in [-0.39, 0.29) is 6.10 Å². The molecular formula is C11H20O2. The first kappa shape index (κ1) is 9.47. The summed E-state index contributed by atoms with van der Waals surface area (Å²) in [5, 5.41) is 9.67. The Hall–Kier alpha value is -0.0800. The molecule has 0 saturated heterocycles. The van der Waals surface area contributed by atoms with Crippen LogP contribution in [0.2, 0.25) is 0 Å². The highest BCUT2D eigenvalue weighted by molar-refractivity contribution is 4.96. The maximum atomic E-state index is 9.67. The molecule has 2 heteroatoms. The molecule has 0 aliphatic heterocycles. The monoisotopic (exact) mass is 184 g/mol. The van der Waals surface area contributed by atoms with Gasteiger partial charge >= 0.3 is 0 Å². The number of unbranched alkanes of at least 4 members (excludes halogenated alkanes) is 1. The summed E-state index contributed by atoms with van der Waals surface area (Å²) in [5.41, 5.74) is 0. The van der Waals surface area contributed by atoms with E-state index in [0.717, 1.165) is 25.4 Å². The van der Waals surface area contributed by atoms with Crippen LogP contribution in [0.3, 0.4) is 0 Å². The van der Waals surface area contributed by atoms with Gasteiger partial charge in [-0.2, -0.15) is 0 Å². The van der Waals surface area contributed by atoms with Crippen LogP contribution in [0, 0.1) is 11.8 Å². The maximum Gasteiger partial charge on any atom is 0.0630 e. The number of rotatable bonds is 4. The topological polar surface area (TPSA) is 29.5 Å². The molecule has 0 amide bonds. The summed E-state index contributed by atoms with van der Waals surface area (Å²) >= 11 is 0. The van der Waals surface area contributed by atoms with E-state index in [0.29, 0.717) is 12.0 Å². The standard InChI is InChI=1S/C11H20O2/c1-2-3-4-13-11-7-8-5-9(11)10(12)6-8/h8-12H,2-7H2,1H3. The maximum absolute atomic E-state index is 9.67. The molecule has 0 aromatic carbocycles. The second kappa shape index (κ2) is 3.97. The number of fused-ring (bicyclic) bond motifs is 2. The minimum Gasteiger partial charge on any atom is -0.393 e. The van der Waals surface area contributed by atoms with E-state index in [4.69, 9.17) is 4.74 Å². The van der Waals surface area contributed by atoms with E-state index in [9.17, 15) is 5.11 Å². The summed E-state index contributed by atoms with van der Waals surface area (Å²) in [4.78, 5) is 0. The Labute approximate surface area is 80.3 Å². The van der Waals surface area contributed by atoms with Crippen molar-refractivity contribution in [2.24, 2.45) is 11.8 Å². The van der Waals surface area contributed by atoms with Crippen molar-refractivity contribution in [3.8, 4) is 0 Å². The summed E-state index contributed by atoms with van der Waals surface area (Å²) in [6, 6.07) is 0. The van der Waals surface area contributed by atoms with E-state index in [2.05, 4.69) is 6.92 Å². The van der Waals surface area contributed by atoms with Crippen LogP contribution in [0.1, 0.15) is 39.0 Å². The third kappa shape index (κ3) is 1.89. The number of aliphatic hydroxyl groups is 1. The molecule has 4 unspecified atom stereocenters. The first-order valence-corrected chi connectivity index (χ1v) is 5.61. The van der Waals surface area contributed by atoms with Gasteiger partial charge in [0.15, 0.2) is 0 Å². The Bertz CT molecular complexity index is 169. The van der Waals surface area contributed by atoms with Crippen molar-refractivity contribution >= 4 is 0 Å². The average Bonchev–Trinajstić information content (AvgIpc) is 2.63. The molecule has 0 spiro atoms. The van der Waals surface area contributed by atoms with Gasteiger partial charge in [0.2, 0.25) is 0 Å². The molecule has 4 atom stereocenters. The highest BCUT2D eigenvalue weighted by Crippen LogP contribution is 2.46. The molecule has 0 radical (unpaired) electrons. The van der Waals surface area contributed by atoms with Gasteiger partial charge in [0.25, 0.3) is 0 Å². The Morgan fingerprint density at radius 2 is 2.15 bits per heavy atom. The number of aliphatic hydroxyl groups excluding tert-OH is 1. The fourth-order valence-corrected chi connectivity index (χ4v) is 2.82. The SMILES string of the molecule is CCCCOC1CC2CC(O)C1C2. The molecule has 2 rings (SSSR count). The highest BCUT2D eigenvalue weighted by atomic mass is 16.5. The lowest BCUT2D eigenvalue weighted by Gasteiger charge is -2.26. The third-order valence-corrected chi connectivity index (χ3v) is 3.55. The molecule has 2 nitrogen and oxygen atoms in total. The van der Waals surface area contributed by atoms with Crippen molar-refractivity contribution in [1.29, 1.82) is 0 Å². The van der Waals surface area contributed by atoms with Crippen LogP contribution < -0.4 is 0 Å². The molecule has 2 saturated carbocycles. The summed E-state index contributed by atoms with van der Waals surface area (Å²) in [6.45, 7) is 3.07. The van der Waals surface area contributed by atoms with Gasteiger partial charge in [-0.15, -0.1) is 0 Å². The van der Waals surface area contributed by atoms with Gasteiger partial charge in [0.05, 0.1) is 12.2 Å². The minimum atomic E-state index is -0.0645. The van der Waals surface area contributed by atoms with Gasteiger partial charge in [-0.05, 0) is 31.6 Å². The van der Waals surface area contributed by atoms with Crippen molar-refractivity contribution in [2.75, 3.05) is 6.61 Å². The summed E-state index contributed by atoms with van der Waals surface area (Å²) in [6.07, 6.45) is 6.10. The Morgan fingerprint density at radius 1 is 1.31 bits per heavy atom. The molecule has 2 bridgehead atoms. The quantitative estimate of drug-likeness (QED) is 0.677. The molecule has 0 heterocycles. The van der Waals surface area contributed by atoms with E-state index in [1.165, 1.54) is 19.3 Å². The van der Waals surface area contributed by atoms with Crippen LogP contribution in [0.5, 0.6) is 0 Å². The van der Waals surface area contributed by atoms with E-state index >= 15 is 0 Å². The molecule has 2 fully saturated rings. The van der Waals surface area contributed by atoms with Crippen molar-refractivity contribution in [2.45, 2.75) is 51.2 Å². The van der Waals surface area contributed by atoms with Gasteiger partial charge in [-0.1, -0.05) is 13.3 Å². The summed E-state index contributed by atoms with van der Waals surface area (Å²) < 4.78 is 5.79. The Balaban J connectivity index is 1.76. The van der Waals surface area contributed by atoms with Crippen LogP contribution in [0.15, 0.2) is 0 Å². The largest absolute Gasteiger partial charge is 0.393 e. The smallest absolute Gasteiger partial charge is 0.0630 e. The highest BCUT2D eigenvalue weighted by Gasteiger charge is 2.45. The average molecular weight is 184 g/mol. The number of hydrogen-bond donors (Lipinski definition) is 1. The van der Waals surface area contributed by atoms with Crippen molar-refractivity contribution in [3.05, 3.63) is 0 Å². The number of ether oxygens (including phenoxy) is 1. The van der Waals surface area contributed by atoms with Gasteiger partial charge in [0, 0.05) is 12.5 Å². The van der Waals surface area contributed by atoms with Gasteiger partial charge in [-0.3, -0.25) is 0 Å². The number of hydrogen-bond acceptors (Lipinski definition) is 2. The zero-order valence-corrected chi connectivity index (χ0v) is 8.41. The van der Waals surface area contributed by atoms with Crippen molar-refractivity contribution in [3.63, 3.8) is 0 Å². The van der Waals surface area contributed by atoms with Crippen LogP contribution in [0.25, 0.3) is 0 Å². The second-order valence-electron chi connectivity index (χ2n) is 4.57. The molecule has 0 aromatic heterocycles. The predicted molar refractivity (Wildman–Crippen MR) is 51.5 cm³/mol. The van der Waals surface area contributed by atoms with E-state index in [1.54, 1.807) is 0 Å². The summed E-state index contributed by atoms with van der Waals surface area (Å²) in [7, 11) is 0. The van der Waals surface area contributed by atoms with Crippen LogP contribution in [0.4, 0.5) is 0 Å². The molecule has 1 N–H and O–H groups in total. The van der Waals surface area contributed by atoms with E-state index < -0.39 is 0 Å². The zero-order valence-electron chi connectivity index (χ0n) is 8.41. The normalized spacial score (nSPS) is 42.9. The lowest BCUT2D eigenvalue weighted by molar-refractivity contribution is -0.0318. The minimum absolute atomic E-state index is 0.0645. The van der Waals surface area contributed by atoms with Crippen LogP contribution >= 0.6 is 0 Å². The van der Waals surface area contributed by atoms with Crippen molar-refractivity contribution < 1.29 is 9.84 Å². The van der Waals surface area contributed by atoms with Gasteiger partial charge in [-0.25, -0.2) is 0 Å². The lowest BCUT2D eigenvalue weighted by Crippen LogP contribution is -2.30. The summed E-state index contributed by atoms with van der Waals surface area (Å²) in [5.74, 6) is 1.22. The van der Waals surface area contributed by atoms with Crippen LogP contribution in [-0.2, 0) is 4.74 Å². The lowest BCUT2D eigenvalue weighted by atomic mass is 9.95. The molecule has 76 valence electrons. The first-order valence-electron chi connectivity index (χ1n) is 5.61. The van der Waals surface area contributed by atoms with Gasteiger partial charge < -0.3 is 9.84 Å². The second-order valence-corrected chi connectivity index (χ2v) is 4.57. The van der Waals surface area contributed by atoms with Crippen molar-refractivity contribution in [1.82, 2.24) is 0 Å².